The highest BCUT2D eigenvalue weighted by Crippen LogP contribution is 2.37. The zero-order chi connectivity index (χ0) is 16.1. The minimum absolute atomic E-state index is 0.0712. The van der Waals surface area contributed by atoms with Crippen LogP contribution >= 0.6 is 0 Å². The molecule has 2 aliphatic heterocycles. The first-order valence-electron chi connectivity index (χ1n) is 8.73. The summed E-state index contributed by atoms with van der Waals surface area (Å²) in [6.07, 6.45) is 7.44. The molecule has 7 heteroatoms. The average Bonchev–Trinajstić information content (AvgIpc) is 3.18. The number of hydrogen-bond acceptors (Lipinski definition) is 5. The van der Waals surface area contributed by atoms with Gasteiger partial charge in [0.1, 0.15) is 6.33 Å². The van der Waals surface area contributed by atoms with Crippen LogP contribution in [0.25, 0.3) is 5.65 Å². The first-order chi connectivity index (χ1) is 11.8. The summed E-state index contributed by atoms with van der Waals surface area (Å²) in [5.41, 5.74) is 1.18. The maximum Gasteiger partial charge on any atom is 0.255 e. The fourth-order valence-electron chi connectivity index (χ4n) is 4.05. The van der Waals surface area contributed by atoms with Crippen LogP contribution in [0.15, 0.2) is 24.7 Å². The van der Waals surface area contributed by atoms with Crippen LogP contribution < -0.4 is 5.32 Å². The molecule has 3 fully saturated rings. The first kappa shape index (κ1) is 14.4. The molecule has 1 N–H and O–H groups in total. The van der Waals surface area contributed by atoms with Gasteiger partial charge < -0.3 is 10.1 Å². The fraction of sp³-hybridized carbons (Fsp3) is 0.588. The maximum atomic E-state index is 12.7. The second kappa shape index (κ2) is 5.53. The Morgan fingerprint density at radius 1 is 1.33 bits per heavy atom. The number of ether oxygens (including phenoxy) is 1. The molecule has 0 bridgehead atoms. The smallest absolute Gasteiger partial charge is 0.255 e. The highest BCUT2D eigenvalue weighted by atomic mass is 16.5. The Morgan fingerprint density at radius 3 is 3.12 bits per heavy atom. The van der Waals surface area contributed by atoms with E-state index in [-0.39, 0.29) is 11.9 Å². The van der Waals surface area contributed by atoms with Crippen LogP contribution in [0, 0.1) is 5.92 Å². The molecule has 5 rings (SSSR count). The van der Waals surface area contributed by atoms with E-state index in [1.165, 1.54) is 12.8 Å². The average molecular weight is 327 g/mol. The lowest BCUT2D eigenvalue weighted by atomic mass is 10.1. The zero-order valence-corrected chi connectivity index (χ0v) is 13.5. The first-order valence-corrected chi connectivity index (χ1v) is 8.73. The lowest BCUT2D eigenvalue weighted by Crippen LogP contribution is -2.47. The monoisotopic (exact) mass is 327 g/mol. The maximum absolute atomic E-state index is 12.7. The lowest BCUT2D eigenvalue weighted by molar-refractivity contribution is -0.0581. The SMILES string of the molecule is O=C(N[C@H]1C[C@H]2CO[C@@H](C3CC3)CN2C1)c1cccn2cnnc12. The summed E-state index contributed by atoms with van der Waals surface area (Å²) in [6.45, 7) is 2.73. The number of carbonyl (C=O) groups excluding carboxylic acids is 1. The van der Waals surface area contributed by atoms with Crippen molar-refractivity contribution in [2.24, 2.45) is 5.92 Å². The number of fused-ring (bicyclic) bond motifs is 2. The molecule has 4 heterocycles. The van der Waals surface area contributed by atoms with Crippen LogP contribution in [0.4, 0.5) is 0 Å². The molecule has 3 aliphatic rings. The summed E-state index contributed by atoms with van der Waals surface area (Å²) < 4.78 is 7.79. The molecule has 2 aromatic heterocycles. The number of rotatable bonds is 3. The van der Waals surface area contributed by atoms with Crippen molar-refractivity contribution in [1.29, 1.82) is 0 Å². The number of morpholine rings is 1. The van der Waals surface area contributed by atoms with Gasteiger partial charge in [0.2, 0.25) is 0 Å². The van der Waals surface area contributed by atoms with Crippen molar-refractivity contribution in [2.45, 2.75) is 37.5 Å². The minimum atomic E-state index is -0.0712. The molecule has 0 radical (unpaired) electrons. The van der Waals surface area contributed by atoms with E-state index in [0.29, 0.717) is 23.4 Å². The van der Waals surface area contributed by atoms with Gasteiger partial charge in [0.05, 0.1) is 18.3 Å². The van der Waals surface area contributed by atoms with Gasteiger partial charge in [0.25, 0.3) is 5.91 Å². The van der Waals surface area contributed by atoms with Crippen LogP contribution in [0.1, 0.15) is 29.6 Å². The van der Waals surface area contributed by atoms with Gasteiger partial charge in [0, 0.05) is 31.4 Å². The van der Waals surface area contributed by atoms with Crippen LogP contribution in [0.2, 0.25) is 0 Å². The van der Waals surface area contributed by atoms with Gasteiger partial charge in [-0.2, -0.15) is 0 Å². The summed E-state index contributed by atoms with van der Waals surface area (Å²) in [5, 5.41) is 11.1. The predicted octanol–water partition coefficient (Wildman–Crippen LogP) is 0.711. The van der Waals surface area contributed by atoms with E-state index in [9.17, 15) is 4.79 Å². The van der Waals surface area contributed by atoms with Crippen molar-refractivity contribution in [1.82, 2.24) is 24.8 Å². The molecule has 24 heavy (non-hydrogen) atoms. The van der Waals surface area contributed by atoms with Gasteiger partial charge in [-0.15, -0.1) is 10.2 Å². The Hall–Kier alpha value is -1.99. The molecular formula is C17H21N5O2. The lowest BCUT2D eigenvalue weighted by Gasteiger charge is -2.35. The molecule has 3 atom stereocenters. The third-order valence-electron chi connectivity index (χ3n) is 5.50. The molecule has 1 saturated carbocycles. The highest BCUT2D eigenvalue weighted by molar-refractivity contribution is 5.99. The summed E-state index contributed by atoms with van der Waals surface area (Å²) in [6, 6.07) is 4.26. The van der Waals surface area contributed by atoms with Gasteiger partial charge in [-0.25, -0.2) is 0 Å². The van der Waals surface area contributed by atoms with Crippen LogP contribution in [-0.4, -0.2) is 63.3 Å². The van der Waals surface area contributed by atoms with Crippen molar-refractivity contribution < 1.29 is 9.53 Å². The second-order valence-corrected chi connectivity index (χ2v) is 7.21. The molecule has 2 aromatic rings. The van der Waals surface area contributed by atoms with E-state index in [1.807, 2.05) is 12.3 Å². The number of amides is 1. The van der Waals surface area contributed by atoms with Crippen LogP contribution in [-0.2, 0) is 4.74 Å². The predicted molar refractivity (Wildman–Crippen MR) is 86.7 cm³/mol. The quantitative estimate of drug-likeness (QED) is 0.899. The third-order valence-corrected chi connectivity index (χ3v) is 5.50. The van der Waals surface area contributed by atoms with Crippen LogP contribution in [0.5, 0.6) is 0 Å². The number of aromatic nitrogens is 3. The number of nitrogens with zero attached hydrogens (tertiary/aromatic N) is 4. The molecule has 126 valence electrons. The Kier molecular flexibility index (Phi) is 3.31. The van der Waals surface area contributed by atoms with Gasteiger partial charge in [0.15, 0.2) is 5.65 Å². The van der Waals surface area contributed by atoms with Gasteiger partial charge >= 0.3 is 0 Å². The molecule has 0 unspecified atom stereocenters. The largest absolute Gasteiger partial charge is 0.375 e. The van der Waals surface area contributed by atoms with Gasteiger partial charge in [-0.3, -0.25) is 14.1 Å². The topological polar surface area (TPSA) is 71.8 Å². The summed E-state index contributed by atoms with van der Waals surface area (Å²) in [4.78, 5) is 15.2. The van der Waals surface area contributed by atoms with E-state index in [2.05, 4.69) is 20.4 Å². The van der Waals surface area contributed by atoms with E-state index in [0.717, 1.165) is 32.0 Å². The zero-order valence-electron chi connectivity index (χ0n) is 13.5. The summed E-state index contributed by atoms with van der Waals surface area (Å²) >= 11 is 0. The minimum Gasteiger partial charge on any atom is -0.375 e. The fourth-order valence-corrected chi connectivity index (χ4v) is 4.05. The molecule has 1 amide bonds. The number of nitrogens with one attached hydrogen (secondary N) is 1. The van der Waals surface area contributed by atoms with Gasteiger partial charge in [-0.05, 0) is 37.3 Å². The number of hydrogen-bond donors (Lipinski definition) is 1. The third kappa shape index (κ3) is 2.48. The van der Waals surface area contributed by atoms with Crippen molar-refractivity contribution >= 4 is 11.6 Å². The summed E-state index contributed by atoms with van der Waals surface area (Å²) in [7, 11) is 0. The van der Waals surface area contributed by atoms with Crippen molar-refractivity contribution in [3.8, 4) is 0 Å². The molecule has 0 aromatic carbocycles. The van der Waals surface area contributed by atoms with Crippen LogP contribution in [0.3, 0.4) is 0 Å². The van der Waals surface area contributed by atoms with E-state index in [1.54, 1.807) is 16.8 Å². The molecule has 7 nitrogen and oxygen atoms in total. The Labute approximate surface area is 140 Å². The highest BCUT2D eigenvalue weighted by Gasteiger charge is 2.42. The standard InChI is InChI=1S/C17H21N5O2/c23-17(14-2-1-5-21-10-18-20-16(14)21)19-12-6-13-9-24-15(11-3-4-11)8-22(13)7-12/h1-2,5,10-13,15H,3-4,6-9H2,(H,19,23)/t12-,13-,15+/m0/s1. The Bertz CT molecular complexity index is 771. The Balaban J connectivity index is 1.27. The van der Waals surface area contributed by atoms with Crippen molar-refractivity contribution in [2.75, 3.05) is 19.7 Å². The molecule has 1 aliphatic carbocycles. The Morgan fingerprint density at radius 2 is 2.25 bits per heavy atom. The molecule has 0 spiro atoms. The van der Waals surface area contributed by atoms with E-state index in [4.69, 9.17) is 4.74 Å². The molecule has 2 saturated heterocycles. The normalized spacial score (nSPS) is 30.4. The van der Waals surface area contributed by atoms with Gasteiger partial charge in [-0.1, -0.05) is 0 Å². The van der Waals surface area contributed by atoms with E-state index < -0.39 is 0 Å². The van der Waals surface area contributed by atoms with Crippen molar-refractivity contribution in [3.05, 3.63) is 30.2 Å². The summed E-state index contributed by atoms with van der Waals surface area (Å²) in [5.74, 6) is 0.697. The number of carbonyl (C=O) groups is 1. The number of pyridine rings is 1. The second-order valence-electron chi connectivity index (χ2n) is 7.21. The molecular weight excluding hydrogens is 306 g/mol. The van der Waals surface area contributed by atoms with E-state index >= 15 is 0 Å². The van der Waals surface area contributed by atoms with Crippen molar-refractivity contribution in [3.63, 3.8) is 0 Å².